The van der Waals surface area contributed by atoms with E-state index in [1.807, 2.05) is 12.1 Å². The van der Waals surface area contributed by atoms with Crippen molar-refractivity contribution in [2.75, 3.05) is 31.1 Å². The van der Waals surface area contributed by atoms with Crippen molar-refractivity contribution in [3.8, 4) is 0 Å². The zero-order valence-corrected chi connectivity index (χ0v) is 14.1. The summed E-state index contributed by atoms with van der Waals surface area (Å²) in [6.45, 7) is 6.22. The van der Waals surface area contributed by atoms with Gasteiger partial charge in [0.2, 0.25) is 0 Å². The Hall–Kier alpha value is -1.23. The molecule has 1 heterocycles. The lowest BCUT2D eigenvalue weighted by Crippen LogP contribution is -2.43. The van der Waals surface area contributed by atoms with Gasteiger partial charge in [-0.3, -0.25) is 0 Å². The highest BCUT2D eigenvalue weighted by molar-refractivity contribution is 7.99. The molecule has 0 radical (unpaired) electrons. The minimum atomic E-state index is -0.189. The van der Waals surface area contributed by atoms with Crippen molar-refractivity contribution in [1.82, 2.24) is 5.32 Å². The Morgan fingerprint density at radius 1 is 1.05 bits per heavy atom. The number of halogens is 2. The monoisotopic (exact) mass is 338 g/mol. The second-order valence-corrected chi connectivity index (χ2v) is 6.38. The third kappa shape index (κ3) is 4.15. The molecule has 2 aromatic carbocycles. The Morgan fingerprint density at radius 3 is 2.41 bits per heavy atom. The topological polar surface area (TPSA) is 15.3 Å². The molecule has 1 fully saturated rings. The van der Waals surface area contributed by atoms with Crippen LogP contribution in [0.25, 0.3) is 0 Å². The molecule has 0 aliphatic carbocycles. The number of nitrogens with zero attached hydrogens (tertiary/aromatic N) is 1. The van der Waals surface area contributed by atoms with Gasteiger partial charge in [-0.25, -0.2) is 4.39 Å². The van der Waals surface area contributed by atoms with Crippen molar-refractivity contribution in [1.29, 1.82) is 0 Å². The summed E-state index contributed by atoms with van der Waals surface area (Å²) in [6.07, 6.45) is 0. The molecule has 118 valence electrons. The van der Waals surface area contributed by atoms with Crippen LogP contribution in [0.15, 0.2) is 52.3 Å². The van der Waals surface area contributed by atoms with Crippen LogP contribution in [0.3, 0.4) is 0 Å². The minimum absolute atomic E-state index is 0. The maximum absolute atomic E-state index is 13.0. The molecule has 1 aliphatic rings. The van der Waals surface area contributed by atoms with Gasteiger partial charge in [-0.2, -0.15) is 0 Å². The standard InChI is InChI=1S/C17H19FN2S.ClH/c1-13-2-7-17(21-15-5-3-14(18)4-6-15)16(12-13)20-10-8-19-9-11-20;/h2-7,12,19H,8-11H2,1H3;1H. The molecule has 3 rings (SSSR count). The van der Waals surface area contributed by atoms with Crippen LogP contribution in [-0.4, -0.2) is 26.2 Å². The molecule has 0 aromatic heterocycles. The van der Waals surface area contributed by atoms with Crippen molar-refractivity contribution >= 4 is 29.9 Å². The predicted molar refractivity (Wildman–Crippen MR) is 94.0 cm³/mol. The van der Waals surface area contributed by atoms with E-state index in [2.05, 4.69) is 35.3 Å². The zero-order chi connectivity index (χ0) is 14.7. The number of rotatable bonds is 3. The number of benzene rings is 2. The Morgan fingerprint density at radius 2 is 1.73 bits per heavy atom. The fourth-order valence-corrected chi connectivity index (χ4v) is 3.45. The van der Waals surface area contributed by atoms with E-state index >= 15 is 0 Å². The fourth-order valence-electron chi connectivity index (χ4n) is 2.50. The highest BCUT2D eigenvalue weighted by Crippen LogP contribution is 2.36. The first-order chi connectivity index (χ1) is 10.2. The summed E-state index contributed by atoms with van der Waals surface area (Å²) >= 11 is 1.70. The molecule has 0 unspecified atom stereocenters. The molecule has 0 spiro atoms. The molecule has 1 N–H and O–H groups in total. The zero-order valence-electron chi connectivity index (χ0n) is 12.5. The molecule has 5 heteroatoms. The van der Waals surface area contributed by atoms with Crippen LogP contribution in [0.1, 0.15) is 5.56 Å². The van der Waals surface area contributed by atoms with E-state index in [-0.39, 0.29) is 18.2 Å². The van der Waals surface area contributed by atoms with Gasteiger partial charge in [0.1, 0.15) is 5.82 Å². The second-order valence-electron chi connectivity index (χ2n) is 5.26. The summed E-state index contributed by atoms with van der Waals surface area (Å²) in [5, 5.41) is 3.38. The molecule has 0 amide bonds. The van der Waals surface area contributed by atoms with Gasteiger partial charge in [0.15, 0.2) is 0 Å². The van der Waals surface area contributed by atoms with E-state index in [0.29, 0.717) is 0 Å². The quantitative estimate of drug-likeness (QED) is 0.906. The number of nitrogens with one attached hydrogen (secondary N) is 1. The van der Waals surface area contributed by atoms with Crippen LogP contribution in [0.4, 0.5) is 10.1 Å². The summed E-state index contributed by atoms with van der Waals surface area (Å²) in [5.74, 6) is -0.189. The molecular formula is C17H20ClFN2S. The predicted octanol–water partition coefficient (Wildman–Crippen LogP) is 4.12. The minimum Gasteiger partial charge on any atom is -0.368 e. The first-order valence-electron chi connectivity index (χ1n) is 7.22. The number of hydrogen-bond donors (Lipinski definition) is 1. The van der Waals surface area contributed by atoms with E-state index in [9.17, 15) is 4.39 Å². The van der Waals surface area contributed by atoms with Gasteiger partial charge in [-0.05, 0) is 48.9 Å². The molecule has 22 heavy (non-hydrogen) atoms. The maximum Gasteiger partial charge on any atom is 0.123 e. The van der Waals surface area contributed by atoms with E-state index in [1.54, 1.807) is 11.8 Å². The van der Waals surface area contributed by atoms with Crippen LogP contribution in [0.2, 0.25) is 0 Å². The summed E-state index contributed by atoms with van der Waals surface area (Å²) in [4.78, 5) is 4.72. The van der Waals surface area contributed by atoms with Crippen LogP contribution < -0.4 is 10.2 Å². The average Bonchev–Trinajstić information content (AvgIpc) is 2.52. The number of anilines is 1. The smallest absolute Gasteiger partial charge is 0.123 e. The molecule has 0 bridgehead atoms. The molecule has 1 saturated heterocycles. The summed E-state index contributed by atoms with van der Waals surface area (Å²) in [5.41, 5.74) is 2.55. The molecule has 0 atom stereocenters. The van der Waals surface area contributed by atoms with Gasteiger partial charge >= 0.3 is 0 Å². The molecule has 1 aliphatic heterocycles. The van der Waals surface area contributed by atoms with E-state index in [0.717, 1.165) is 31.1 Å². The van der Waals surface area contributed by atoms with Crippen molar-refractivity contribution in [2.45, 2.75) is 16.7 Å². The van der Waals surface area contributed by atoms with Crippen molar-refractivity contribution in [2.24, 2.45) is 0 Å². The lowest BCUT2D eigenvalue weighted by atomic mass is 10.2. The van der Waals surface area contributed by atoms with Gasteiger partial charge < -0.3 is 10.2 Å². The third-order valence-corrected chi connectivity index (χ3v) is 4.69. The first kappa shape index (κ1) is 17.1. The lowest BCUT2D eigenvalue weighted by Gasteiger charge is -2.31. The fraction of sp³-hybridized carbons (Fsp3) is 0.294. The Labute approximate surface area is 141 Å². The van der Waals surface area contributed by atoms with Crippen LogP contribution in [0, 0.1) is 12.7 Å². The Bertz CT molecular complexity index is 613. The second kappa shape index (κ2) is 7.86. The molecule has 2 nitrogen and oxygen atoms in total. The Balaban J connectivity index is 0.00000176. The van der Waals surface area contributed by atoms with Crippen LogP contribution >= 0.6 is 24.2 Å². The lowest BCUT2D eigenvalue weighted by molar-refractivity contribution is 0.587. The number of piperazine rings is 1. The normalized spacial score (nSPS) is 14.5. The van der Waals surface area contributed by atoms with Crippen molar-refractivity contribution < 1.29 is 4.39 Å². The van der Waals surface area contributed by atoms with Gasteiger partial charge in [-0.1, -0.05) is 17.8 Å². The van der Waals surface area contributed by atoms with Gasteiger partial charge in [0.25, 0.3) is 0 Å². The summed E-state index contributed by atoms with van der Waals surface area (Å²) < 4.78 is 13.0. The average molecular weight is 339 g/mol. The first-order valence-corrected chi connectivity index (χ1v) is 8.04. The SMILES string of the molecule is Cc1ccc(Sc2ccc(F)cc2)c(N2CCNCC2)c1.Cl. The molecule has 2 aromatic rings. The maximum atomic E-state index is 13.0. The van der Waals surface area contributed by atoms with Crippen molar-refractivity contribution in [3.05, 3.63) is 53.8 Å². The van der Waals surface area contributed by atoms with E-state index < -0.39 is 0 Å². The van der Waals surface area contributed by atoms with Gasteiger partial charge in [0, 0.05) is 36.0 Å². The van der Waals surface area contributed by atoms with Crippen LogP contribution in [-0.2, 0) is 0 Å². The molecular weight excluding hydrogens is 319 g/mol. The molecule has 0 saturated carbocycles. The Kier molecular flexibility index (Phi) is 6.12. The van der Waals surface area contributed by atoms with Crippen molar-refractivity contribution in [3.63, 3.8) is 0 Å². The largest absolute Gasteiger partial charge is 0.368 e. The van der Waals surface area contributed by atoms with Gasteiger partial charge in [0.05, 0.1) is 5.69 Å². The third-order valence-electron chi connectivity index (χ3n) is 3.61. The van der Waals surface area contributed by atoms with Gasteiger partial charge in [-0.15, -0.1) is 12.4 Å². The van der Waals surface area contributed by atoms with E-state index in [1.165, 1.54) is 28.3 Å². The van der Waals surface area contributed by atoms with Crippen LogP contribution in [0.5, 0.6) is 0 Å². The highest BCUT2D eigenvalue weighted by atomic mass is 35.5. The summed E-state index contributed by atoms with van der Waals surface area (Å²) in [6, 6.07) is 13.3. The highest BCUT2D eigenvalue weighted by Gasteiger charge is 2.15. The number of aryl methyl sites for hydroxylation is 1. The number of hydrogen-bond acceptors (Lipinski definition) is 3. The summed E-state index contributed by atoms with van der Waals surface area (Å²) in [7, 11) is 0. The van der Waals surface area contributed by atoms with E-state index in [4.69, 9.17) is 0 Å².